The number of rotatable bonds is 9. The average Bonchev–Trinajstić information content (AvgIpc) is 2.56. The Kier molecular flexibility index (Phi) is 7.39. The van der Waals surface area contributed by atoms with E-state index in [0.717, 1.165) is 4.90 Å². The van der Waals surface area contributed by atoms with Crippen LogP contribution >= 0.6 is 0 Å². The van der Waals surface area contributed by atoms with Crippen molar-refractivity contribution < 1.29 is 29.0 Å². The largest absolute Gasteiger partial charge is 0.484 e. The predicted octanol–water partition coefficient (Wildman–Crippen LogP) is -0.398. The minimum absolute atomic E-state index is 0.0474. The van der Waals surface area contributed by atoms with E-state index in [1.165, 1.54) is 38.1 Å². The number of hydrogen-bond donors (Lipinski definition) is 3. The van der Waals surface area contributed by atoms with Gasteiger partial charge in [0, 0.05) is 25.6 Å². The lowest BCUT2D eigenvalue weighted by molar-refractivity contribution is -0.141. The van der Waals surface area contributed by atoms with Crippen molar-refractivity contribution in [3.63, 3.8) is 0 Å². The van der Waals surface area contributed by atoms with Crippen LogP contribution in [-0.4, -0.2) is 59.4 Å². The van der Waals surface area contributed by atoms with Gasteiger partial charge in [0.2, 0.25) is 5.91 Å². The summed E-state index contributed by atoms with van der Waals surface area (Å²) in [6.45, 7) is 2.62. The van der Waals surface area contributed by atoms with Gasteiger partial charge >= 0.3 is 5.97 Å². The molecule has 1 aromatic carbocycles. The maximum atomic E-state index is 12.6. The highest BCUT2D eigenvalue weighted by molar-refractivity contribution is 5.96. The van der Waals surface area contributed by atoms with Crippen LogP contribution in [0.5, 0.6) is 5.75 Å². The molecule has 4 N–H and O–H groups in total. The number of ether oxygens (including phenoxy) is 1. The number of primary amides is 1. The van der Waals surface area contributed by atoms with Gasteiger partial charge in [-0.2, -0.15) is 0 Å². The molecule has 0 spiro atoms. The van der Waals surface area contributed by atoms with Crippen LogP contribution in [0, 0.1) is 0 Å². The Balaban J connectivity index is 2.86. The van der Waals surface area contributed by atoms with Gasteiger partial charge in [0.15, 0.2) is 6.61 Å². The lowest BCUT2D eigenvalue weighted by Gasteiger charge is -2.26. The summed E-state index contributed by atoms with van der Waals surface area (Å²) in [5.74, 6) is -2.20. The number of carboxylic acid groups (broad SMARTS) is 1. The fraction of sp³-hybridized carbons (Fsp3) is 0.375. The van der Waals surface area contributed by atoms with Gasteiger partial charge in [-0.05, 0) is 31.2 Å². The summed E-state index contributed by atoms with van der Waals surface area (Å²) in [7, 11) is 0. The first-order valence-electron chi connectivity index (χ1n) is 7.51. The molecule has 0 saturated heterocycles. The Morgan fingerprint density at radius 1 is 1.24 bits per heavy atom. The van der Waals surface area contributed by atoms with Crippen molar-refractivity contribution in [2.45, 2.75) is 19.9 Å². The molecular formula is C16H21N3O6. The molecule has 136 valence electrons. The maximum Gasteiger partial charge on any atom is 0.326 e. The first-order chi connectivity index (χ1) is 11.7. The molecular weight excluding hydrogens is 330 g/mol. The molecule has 1 aromatic rings. The van der Waals surface area contributed by atoms with Gasteiger partial charge in [0.05, 0.1) is 0 Å². The quantitative estimate of drug-likeness (QED) is 0.553. The summed E-state index contributed by atoms with van der Waals surface area (Å²) >= 11 is 0. The van der Waals surface area contributed by atoms with E-state index in [1.54, 1.807) is 0 Å². The zero-order valence-corrected chi connectivity index (χ0v) is 14.0. The fourth-order valence-electron chi connectivity index (χ4n) is 1.97. The van der Waals surface area contributed by atoms with Crippen LogP contribution in [0.4, 0.5) is 0 Å². The van der Waals surface area contributed by atoms with Crippen molar-refractivity contribution >= 4 is 23.7 Å². The first-order valence-corrected chi connectivity index (χ1v) is 7.51. The predicted molar refractivity (Wildman–Crippen MR) is 87.9 cm³/mol. The molecule has 0 fully saturated rings. The van der Waals surface area contributed by atoms with Gasteiger partial charge < -0.3 is 25.8 Å². The summed E-state index contributed by atoms with van der Waals surface area (Å²) < 4.78 is 5.10. The van der Waals surface area contributed by atoms with Gasteiger partial charge in [-0.15, -0.1) is 0 Å². The van der Waals surface area contributed by atoms with Crippen LogP contribution < -0.4 is 15.8 Å². The van der Waals surface area contributed by atoms with E-state index in [1.807, 2.05) is 0 Å². The number of amides is 3. The van der Waals surface area contributed by atoms with Crippen LogP contribution in [0.1, 0.15) is 24.2 Å². The van der Waals surface area contributed by atoms with Crippen molar-refractivity contribution in [2.75, 3.05) is 19.7 Å². The number of carboxylic acids is 1. The molecule has 25 heavy (non-hydrogen) atoms. The van der Waals surface area contributed by atoms with Crippen LogP contribution in [0.25, 0.3) is 0 Å². The second-order valence-electron chi connectivity index (χ2n) is 5.28. The van der Waals surface area contributed by atoms with E-state index in [2.05, 4.69) is 5.32 Å². The lowest BCUT2D eigenvalue weighted by Crippen LogP contribution is -2.46. The number of benzene rings is 1. The lowest BCUT2D eigenvalue weighted by atomic mass is 10.1. The number of carbonyl (C=O) groups is 4. The maximum absolute atomic E-state index is 12.6. The van der Waals surface area contributed by atoms with Crippen molar-refractivity contribution in [3.8, 4) is 5.75 Å². The van der Waals surface area contributed by atoms with Gasteiger partial charge in [-0.1, -0.05) is 0 Å². The molecule has 0 aromatic heterocycles. The normalized spacial score (nSPS) is 11.3. The summed E-state index contributed by atoms with van der Waals surface area (Å²) in [6, 6.07) is 4.81. The van der Waals surface area contributed by atoms with E-state index >= 15 is 0 Å². The Bertz CT molecular complexity index is 644. The summed E-state index contributed by atoms with van der Waals surface area (Å²) in [4.78, 5) is 46.6. The molecule has 0 aliphatic carbocycles. The number of nitrogens with two attached hydrogens (primary N) is 1. The topological polar surface area (TPSA) is 139 Å². The first kappa shape index (κ1) is 19.9. The molecule has 1 rings (SSSR count). The van der Waals surface area contributed by atoms with Crippen LogP contribution in [0.15, 0.2) is 24.3 Å². The van der Waals surface area contributed by atoms with E-state index in [0.29, 0.717) is 5.75 Å². The molecule has 0 heterocycles. The number of nitrogens with zero attached hydrogens (tertiary/aromatic N) is 1. The molecule has 1 unspecified atom stereocenters. The molecule has 0 saturated carbocycles. The molecule has 0 bridgehead atoms. The minimum Gasteiger partial charge on any atom is -0.484 e. The summed E-state index contributed by atoms with van der Waals surface area (Å²) in [5, 5.41) is 11.7. The highest BCUT2D eigenvalue weighted by Gasteiger charge is 2.26. The molecule has 0 aliphatic rings. The zero-order chi connectivity index (χ0) is 19.0. The monoisotopic (exact) mass is 351 g/mol. The number of hydrogen-bond acceptors (Lipinski definition) is 5. The van der Waals surface area contributed by atoms with Gasteiger partial charge in [-0.3, -0.25) is 14.4 Å². The fourth-order valence-corrected chi connectivity index (χ4v) is 1.97. The molecule has 9 nitrogen and oxygen atoms in total. The standard InChI is InChI=1S/C16H21N3O6/c1-10(16(23)24)19(8-7-18-11(2)20)15(22)12-3-5-13(6-4-12)25-9-14(17)21/h3-6,10H,7-9H2,1-2H3,(H2,17,21)(H,18,20)(H,23,24). The van der Waals surface area contributed by atoms with Gasteiger partial charge in [0.25, 0.3) is 11.8 Å². The summed E-state index contributed by atoms with van der Waals surface area (Å²) in [5.41, 5.74) is 5.23. The second-order valence-corrected chi connectivity index (χ2v) is 5.28. The molecule has 9 heteroatoms. The van der Waals surface area contributed by atoms with E-state index in [-0.39, 0.29) is 31.2 Å². The van der Waals surface area contributed by atoms with Crippen LogP contribution in [-0.2, 0) is 14.4 Å². The Labute approximate surface area is 144 Å². The third kappa shape index (κ3) is 6.50. The third-order valence-corrected chi connectivity index (χ3v) is 3.29. The molecule has 0 radical (unpaired) electrons. The number of carbonyl (C=O) groups excluding carboxylic acids is 3. The molecule has 3 amide bonds. The highest BCUT2D eigenvalue weighted by atomic mass is 16.5. The van der Waals surface area contributed by atoms with Crippen LogP contribution in [0.2, 0.25) is 0 Å². The van der Waals surface area contributed by atoms with E-state index in [4.69, 9.17) is 10.5 Å². The zero-order valence-electron chi connectivity index (χ0n) is 14.0. The highest BCUT2D eigenvalue weighted by Crippen LogP contribution is 2.15. The third-order valence-electron chi connectivity index (χ3n) is 3.29. The van der Waals surface area contributed by atoms with Crippen molar-refractivity contribution in [2.24, 2.45) is 5.73 Å². The van der Waals surface area contributed by atoms with Crippen molar-refractivity contribution in [1.29, 1.82) is 0 Å². The average molecular weight is 351 g/mol. The Morgan fingerprint density at radius 3 is 2.32 bits per heavy atom. The molecule has 1 atom stereocenters. The second kappa shape index (κ2) is 9.26. The number of nitrogens with one attached hydrogen (secondary N) is 1. The van der Waals surface area contributed by atoms with E-state index in [9.17, 15) is 24.3 Å². The van der Waals surface area contributed by atoms with Gasteiger partial charge in [0.1, 0.15) is 11.8 Å². The number of aliphatic carboxylic acids is 1. The Morgan fingerprint density at radius 2 is 1.84 bits per heavy atom. The Hall–Kier alpha value is -3.10. The van der Waals surface area contributed by atoms with Crippen LogP contribution in [0.3, 0.4) is 0 Å². The minimum atomic E-state index is -1.16. The van der Waals surface area contributed by atoms with E-state index < -0.39 is 23.8 Å². The smallest absolute Gasteiger partial charge is 0.326 e. The summed E-state index contributed by atoms with van der Waals surface area (Å²) in [6.07, 6.45) is 0. The van der Waals surface area contributed by atoms with Crippen molar-refractivity contribution in [3.05, 3.63) is 29.8 Å². The molecule has 0 aliphatic heterocycles. The van der Waals surface area contributed by atoms with Gasteiger partial charge in [-0.25, -0.2) is 4.79 Å². The SMILES string of the molecule is CC(=O)NCCN(C(=O)c1ccc(OCC(N)=O)cc1)C(C)C(=O)O. The van der Waals surface area contributed by atoms with Crippen molar-refractivity contribution in [1.82, 2.24) is 10.2 Å².